The van der Waals surface area contributed by atoms with Gasteiger partial charge in [0.1, 0.15) is 0 Å². The normalized spacial score (nSPS) is 19.0. The van der Waals surface area contributed by atoms with E-state index in [9.17, 15) is 10.1 Å². The minimum Gasteiger partial charge on any atom is -0.487 e. The van der Waals surface area contributed by atoms with Gasteiger partial charge in [-0.25, -0.2) is 0 Å². The molecular weight excluding hydrogens is 320 g/mol. The third-order valence-corrected chi connectivity index (χ3v) is 4.57. The van der Waals surface area contributed by atoms with Crippen LogP contribution in [-0.2, 0) is 9.31 Å². The van der Waals surface area contributed by atoms with Crippen molar-refractivity contribution in [2.75, 3.05) is 6.61 Å². The van der Waals surface area contributed by atoms with Crippen LogP contribution in [0.4, 0.5) is 5.69 Å². The maximum Gasteiger partial charge on any atom is 0.496 e. The van der Waals surface area contributed by atoms with Crippen LogP contribution in [0.5, 0.6) is 5.75 Å². The van der Waals surface area contributed by atoms with Gasteiger partial charge < -0.3 is 14.0 Å². The first-order valence-electron chi connectivity index (χ1n) is 7.55. The van der Waals surface area contributed by atoms with Gasteiger partial charge in [-0.3, -0.25) is 10.1 Å². The summed E-state index contributed by atoms with van der Waals surface area (Å²) in [7, 11) is -0.697. The van der Waals surface area contributed by atoms with Gasteiger partial charge in [0.25, 0.3) is 0 Å². The maximum absolute atomic E-state index is 11.2. The van der Waals surface area contributed by atoms with E-state index in [1.165, 1.54) is 12.1 Å². The van der Waals surface area contributed by atoms with Gasteiger partial charge in [0.15, 0.2) is 5.75 Å². The van der Waals surface area contributed by atoms with Crippen molar-refractivity contribution in [1.29, 1.82) is 0 Å². The number of nitro groups is 1. The summed E-state index contributed by atoms with van der Waals surface area (Å²) in [4.78, 5) is 10.7. The predicted octanol–water partition coefficient (Wildman–Crippen LogP) is 3.34. The molecule has 1 heterocycles. The molecule has 1 aromatic carbocycles. The minimum atomic E-state index is -0.697. The average molecular weight is 342 g/mol. The molecule has 0 unspecified atom stereocenters. The Balaban J connectivity index is 2.42. The number of benzene rings is 1. The molecular formula is C15H21BClNO5. The van der Waals surface area contributed by atoms with Crippen molar-refractivity contribution in [2.24, 2.45) is 0 Å². The lowest BCUT2D eigenvalue weighted by Gasteiger charge is -2.32. The zero-order valence-corrected chi connectivity index (χ0v) is 14.8. The highest BCUT2D eigenvalue weighted by Gasteiger charge is 2.52. The summed E-state index contributed by atoms with van der Waals surface area (Å²) >= 11 is 6.23. The topological polar surface area (TPSA) is 70.8 Å². The molecule has 0 saturated carbocycles. The van der Waals surface area contributed by atoms with E-state index in [4.69, 9.17) is 25.6 Å². The summed E-state index contributed by atoms with van der Waals surface area (Å²) in [5.41, 5.74) is -0.675. The molecule has 1 aliphatic heterocycles. The molecule has 8 heteroatoms. The number of nitrogens with zero attached hydrogens (tertiary/aromatic N) is 1. The smallest absolute Gasteiger partial charge is 0.487 e. The Morgan fingerprint density at radius 2 is 1.83 bits per heavy atom. The van der Waals surface area contributed by atoms with Crippen LogP contribution in [0.2, 0.25) is 5.02 Å². The standard InChI is InChI=1S/C15H21BClNO5/c1-6-7-21-13-8-10(11(17)9-12(13)18(19)20)16-22-14(2,3)15(4,5)23-16/h8-9H,6-7H2,1-5H3. The fraction of sp³-hybridized carbons (Fsp3) is 0.600. The van der Waals surface area contributed by atoms with E-state index >= 15 is 0 Å². The van der Waals surface area contributed by atoms with Gasteiger partial charge in [-0.2, -0.15) is 0 Å². The number of halogens is 1. The first kappa shape index (κ1) is 18.0. The second-order valence-electron chi connectivity index (χ2n) is 6.54. The number of hydrogen-bond acceptors (Lipinski definition) is 5. The Kier molecular flexibility index (Phi) is 4.94. The molecule has 1 saturated heterocycles. The Labute approximate surface area is 141 Å². The largest absolute Gasteiger partial charge is 0.496 e. The summed E-state index contributed by atoms with van der Waals surface area (Å²) in [5.74, 6) is 0.172. The molecule has 0 N–H and O–H groups in total. The van der Waals surface area contributed by atoms with Gasteiger partial charge in [0.2, 0.25) is 0 Å². The fourth-order valence-corrected chi connectivity index (χ4v) is 2.43. The van der Waals surface area contributed by atoms with Crippen LogP contribution in [0.3, 0.4) is 0 Å². The molecule has 0 aliphatic carbocycles. The Morgan fingerprint density at radius 3 is 2.30 bits per heavy atom. The van der Waals surface area contributed by atoms with Gasteiger partial charge in [-0.05, 0) is 40.2 Å². The number of nitro benzene ring substituents is 1. The zero-order valence-electron chi connectivity index (χ0n) is 14.0. The molecule has 23 heavy (non-hydrogen) atoms. The lowest BCUT2D eigenvalue weighted by atomic mass is 9.78. The van der Waals surface area contributed by atoms with E-state index in [0.717, 1.165) is 6.42 Å². The van der Waals surface area contributed by atoms with Crippen molar-refractivity contribution in [3.05, 3.63) is 27.3 Å². The van der Waals surface area contributed by atoms with E-state index in [2.05, 4.69) is 0 Å². The Bertz CT molecular complexity index is 604. The second kappa shape index (κ2) is 6.30. The zero-order chi connectivity index (χ0) is 17.4. The first-order valence-corrected chi connectivity index (χ1v) is 7.93. The SMILES string of the molecule is CCCOc1cc(B2OC(C)(C)C(C)(C)O2)c(Cl)cc1[N+](=O)[O-]. The summed E-state index contributed by atoms with van der Waals surface area (Å²) in [5, 5.41) is 11.4. The lowest BCUT2D eigenvalue weighted by Crippen LogP contribution is -2.41. The van der Waals surface area contributed by atoms with Gasteiger partial charge in [0.05, 0.1) is 22.7 Å². The molecule has 0 spiro atoms. The summed E-state index contributed by atoms with van der Waals surface area (Å²) in [6, 6.07) is 2.82. The van der Waals surface area contributed by atoms with E-state index < -0.39 is 23.2 Å². The molecule has 1 fully saturated rings. The van der Waals surface area contributed by atoms with E-state index in [1.807, 2.05) is 34.6 Å². The highest BCUT2D eigenvalue weighted by molar-refractivity contribution is 6.65. The van der Waals surface area contributed by atoms with Crippen molar-refractivity contribution in [3.8, 4) is 5.75 Å². The highest BCUT2D eigenvalue weighted by Crippen LogP contribution is 2.38. The highest BCUT2D eigenvalue weighted by atomic mass is 35.5. The molecule has 1 aliphatic rings. The van der Waals surface area contributed by atoms with Gasteiger partial charge in [-0.15, -0.1) is 0 Å². The third-order valence-electron chi connectivity index (χ3n) is 4.24. The van der Waals surface area contributed by atoms with Crippen LogP contribution in [0.25, 0.3) is 0 Å². The van der Waals surface area contributed by atoms with Crippen LogP contribution in [-0.4, -0.2) is 29.9 Å². The van der Waals surface area contributed by atoms with Gasteiger partial charge in [-0.1, -0.05) is 18.5 Å². The maximum atomic E-state index is 11.2. The molecule has 0 radical (unpaired) electrons. The number of hydrogen-bond donors (Lipinski definition) is 0. The molecule has 6 nitrogen and oxygen atoms in total. The quantitative estimate of drug-likeness (QED) is 0.466. The predicted molar refractivity (Wildman–Crippen MR) is 89.6 cm³/mol. The number of rotatable bonds is 5. The molecule has 0 amide bonds. The second-order valence-corrected chi connectivity index (χ2v) is 6.94. The van der Waals surface area contributed by atoms with E-state index in [-0.39, 0.29) is 16.5 Å². The van der Waals surface area contributed by atoms with Crippen molar-refractivity contribution >= 4 is 29.9 Å². The van der Waals surface area contributed by atoms with Crippen LogP contribution < -0.4 is 10.2 Å². The molecule has 126 valence electrons. The van der Waals surface area contributed by atoms with Gasteiger partial charge >= 0.3 is 12.8 Å². The molecule has 0 bridgehead atoms. The van der Waals surface area contributed by atoms with E-state index in [1.54, 1.807) is 0 Å². The lowest BCUT2D eigenvalue weighted by molar-refractivity contribution is -0.385. The molecule has 0 aromatic heterocycles. The summed E-state index contributed by atoms with van der Waals surface area (Å²) in [6.07, 6.45) is 0.742. The third kappa shape index (κ3) is 3.46. The van der Waals surface area contributed by atoms with Crippen molar-refractivity contribution in [3.63, 3.8) is 0 Å². The average Bonchev–Trinajstić information content (AvgIpc) is 2.65. The van der Waals surface area contributed by atoms with Gasteiger partial charge in [0, 0.05) is 16.6 Å². The Hall–Kier alpha value is -1.31. The minimum absolute atomic E-state index is 0.163. The van der Waals surface area contributed by atoms with Crippen LogP contribution in [0.15, 0.2) is 12.1 Å². The van der Waals surface area contributed by atoms with Crippen LogP contribution in [0, 0.1) is 10.1 Å². The molecule has 1 aromatic rings. The molecule has 0 atom stereocenters. The van der Waals surface area contributed by atoms with E-state index in [0.29, 0.717) is 12.1 Å². The first-order chi connectivity index (χ1) is 10.6. The van der Waals surface area contributed by atoms with Crippen molar-refractivity contribution < 1.29 is 19.0 Å². The van der Waals surface area contributed by atoms with Crippen molar-refractivity contribution in [1.82, 2.24) is 0 Å². The van der Waals surface area contributed by atoms with Crippen molar-refractivity contribution in [2.45, 2.75) is 52.2 Å². The molecule has 2 rings (SSSR count). The van der Waals surface area contributed by atoms with Crippen LogP contribution >= 0.6 is 11.6 Å². The number of ether oxygens (including phenoxy) is 1. The Morgan fingerprint density at radius 1 is 1.26 bits per heavy atom. The monoisotopic (exact) mass is 341 g/mol. The van der Waals surface area contributed by atoms with Crippen LogP contribution in [0.1, 0.15) is 41.0 Å². The summed E-state index contributed by atoms with van der Waals surface area (Å²) in [6.45, 7) is 10.0. The summed E-state index contributed by atoms with van der Waals surface area (Å²) < 4.78 is 17.4. The fourth-order valence-electron chi connectivity index (χ4n) is 2.18.